The highest BCUT2D eigenvalue weighted by atomic mass is 16.5. The van der Waals surface area contributed by atoms with E-state index in [-0.39, 0.29) is 5.41 Å². The van der Waals surface area contributed by atoms with Crippen LogP contribution in [0.25, 0.3) is 0 Å². The van der Waals surface area contributed by atoms with Gasteiger partial charge in [-0.3, -0.25) is 0 Å². The van der Waals surface area contributed by atoms with Crippen molar-refractivity contribution in [2.75, 3.05) is 20.8 Å². The van der Waals surface area contributed by atoms with Crippen molar-refractivity contribution in [3.63, 3.8) is 0 Å². The third-order valence-corrected chi connectivity index (χ3v) is 16.4. The molecule has 104 heavy (non-hydrogen) atoms. The molecule has 0 bridgehead atoms. The Bertz CT molecular complexity index is 3530. The molecule has 0 radical (unpaired) electrons. The highest BCUT2D eigenvalue weighted by molar-refractivity contribution is 5.31. The molecule has 0 aliphatic carbocycles. The highest BCUT2D eigenvalue weighted by Gasteiger charge is 2.15. The second-order valence-corrected chi connectivity index (χ2v) is 27.6. The summed E-state index contributed by atoms with van der Waals surface area (Å²) in [7, 11) is 3.34. The van der Waals surface area contributed by atoms with Crippen LogP contribution in [-0.2, 0) is 49.5 Å². The average molecular weight is 1400 g/mol. The maximum atomic E-state index is 9.65. The number of hydrogen-bond donors (Lipinski definition) is 1. The van der Waals surface area contributed by atoms with E-state index in [1.165, 1.54) is 90.7 Å². The zero-order valence-corrected chi connectivity index (χ0v) is 68.3. The van der Waals surface area contributed by atoms with E-state index >= 15 is 0 Å². The molecular weight excluding hydrogens is 1270 g/mol. The minimum absolute atomic E-state index is 0.284. The van der Waals surface area contributed by atoms with Gasteiger partial charge in [-0.25, -0.2) is 0 Å². The number of para-hydroxylation sites is 1. The molecule has 0 heterocycles. The summed E-state index contributed by atoms with van der Waals surface area (Å²) < 4.78 is 15.3. The molecule has 0 aromatic heterocycles. The predicted molar refractivity (Wildman–Crippen MR) is 457 cm³/mol. The molecule has 0 fully saturated rings. The van der Waals surface area contributed by atoms with Gasteiger partial charge in [-0.2, -0.15) is 0 Å². The van der Waals surface area contributed by atoms with Crippen molar-refractivity contribution in [2.24, 2.45) is 0 Å². The summed E-state index contributed by atoms with van der Waals surface area (Å²) in [6, 6.07) is 100. The van der Waals surface area contributed by atoms with E-state index in [1.807, 2.05) is 115 Å². The number of aryl methyl sites for hydroxylation is 12. The van der Waals surface area contributed by atoms with Gasteiger partial charge in [0.05, 0.1) is 26.4 Å². The van der Waals surface area contributed by atoms with Crippen LogP contribution in [0.1, 0.15) is 199 Å². The van der Waals surface area contributed by atoms with Crippen LogP contribution in [0.3, 0.4) is 0 Å². The Labute approximate surface area is 635 Å². The lowest BCUT2D eigenvalue weighted by Gasteiger charge is -2.18. The molecule has 4 heteroatoms. The van der Waals surface area contributed by atoms with E-state index in [4.69, 9.17) is 14.2 Å². The lowest BCUT2D eigenvalue weighted by atomic mass is 9.86. The van der Waals surface area contributed by atoms with E-state index in [0.717, 1.165) is 67.9 Å². The molecule has 558 valence electrons. The number of benzene rings is 11. The predicted octanol–water partition coefficient (Wildman–Crippen LogP) is 27.6. The number of rotatable bonds is 14. The second-order valence-electron chi connectivity index (χ2n) is 27.6. The fourth-order valence-corrected chi connectivity index (χ4v) is 9.25. The smallest absolute Gasteiger partial charge is 0.119 e. The molecule has 4 nitrogen and oxygen atoms in total. The SMILES string of the molecule is CCCOc1ccccc1.CCCc1ccccc1.CCc1ccc(C(C)(C)C)cc1.CCc1ccc(C(C)(C)O)cc1.CCc1ccc(C(C)C)cc1.CCc1ccc(C)cc1.CCc1ccccc1.COc1ccc(C)cc1.COc1ccc(C)cc1.Cc1ccc(C)cc1.Cc1ccccc1. The Morgan fingerprint density at radius 3 is 0.827 bits per heavy atom. The third-order valence-electron chi connectivity index (χ3n) is 16.4. The van der Waals surface area contributed by atoms with Gasteiger partial charge < -0.3 is 19.3 Å². The van der Waals surface area contributed by atoms with Crippen LogP contribution in [0.2, 0.25) is 0 Å². The van der Waals surface area contributed by atoms with Gasteiger partial charge in [-0.1, -0.05) is 378 Å². The summed E-state index contributed by atoms with van der Waals surface area (Å²) >= 11 is 0. The summed E-state index contributed by atoms with van der Waals surface area (Å²) in [6.07, 6.45) is 9.11. The molecule has 11 rings (SSSR count). The normalized spacial score (nSPS) is 9.92. The van der Waals surface area contributed by atoms with Gasteiger partial charge in [0.1, 0.15) is 17.2 Å². The fourth-order valence-electron chi connectivity index (χ4n) is 9.25. The van der Waals surface area contributed by atoms with Crippen molar-refractivity contribution < 1.29 is 19.3 Å². The number of aliphatic hydroxyl groups is 1. The van der Waals surface area contributed by atoms with Crippen LogP contribution in [0.5, 0.6) is 17.2 Å². The molecule has 0 aliphatic heterocycles. The van der Waals surface area contributed by atoms with Crippen molar-refractivity contribution in [3.8, 4) is 17.2 Å². The van der Waals surface area contributed by atoms with Gasteiger partial charge in [0.25, 0.3) is 0 Å². The first-order valence-corrected chi connectivity index (χ1v) is 37.8. The van der Waals surface area contributed by atoms with Gasteiger partial charge in [0.15, 0.2) is 0 Å². The Morgan fingerprint density at radius 2 is 0.558 bits per heavy atom. The van der Waals surface area contributed by atoms with Crippen LogP contribution in [0, 0.1) is 41.5 Å². The Morgan fingerprint density at radius 1 is 0.288 bits per heavy atom. The maximum Gasteiger partial charge on any atom is 0.119 e. The fraction of sp³-hybridized carbons (Fsp3) is 0.340. The van der Waals surface area contributed by atoms with Crippen LogP contribution < -0.4 is 14.2 Å². The standard InChI is InChI=1S/C12H18.C11H16O.C11H16.C9H12O.2C9H12.2C8H10O.2C8H10.C7H8/c1-5-10-6-8-11(9-7-10)12(2,3)4;1-4-9-5-7-10(8-6-9)11(2,3)12;1-4-10-5-7-11(8-6-10)9(2)3;1-2-8-10-9-6-4-3-5-7-9;1-3-9-6-4-8(2)5-7-9;1-2-6-9-7-4-3-5-8-9;2*1-7-3-5-8(9-2)6-4-7;1-7-3-5-8(2)6-4-7;1-2-8-6-4-3-5-7-8;1-7-5-3-2-4-6-7/h6-9H,5H2,1-4H3;5-8,12H,4H2,1-3H3;5-9H,4H2,1-3H3;3-7H,2,8H2,1H3;4-7H,3H2,1-2H3;3-5,7-8H,2,6H2,1H3;2*3-6H,1-2H3;3-6H,1-2H3;3-7H,2H2,1H3;2-6H,1H3. The lowest BCUT2D eigenvalue weighted by Crippen LogP contribution is -2.15. The van der Waals surface area contributed by atoms with Gasteiger partial charge in [-0.05, 0) is 198 Å². The summed E-state index contributed by atoms with van der Waals surface area (Å²) in [6.45, 7) is 43.2. The topological polar surface area (TPSA) is 47.9 Å². The Balaban J connectivity index is 0.000000574. The second kappa shape index (κ2) is 56.3. The van der Waals surface area contributed by atoms with Crippen molar-refractivity contribution in [1.82, 2.24) is 0 Å². The van der Waals surface area contributed by atoms with Gasteiger partial charge >= 0.3 is 0 Å². The zero-order valence-electron chi connectivity index (χ0n) is 68.3. The molecule has 0 aliphatic rings. The average Bonchev–Trinajstić information content (AvgIpc) is 0.868. The van der Waals surface area contributed by atoms with Gasteiger partial charge in [0.2, 0.25) is 0 Å². The van der Waals surface area contributed by atoms with E-state index in [0.29, 0.717) is 5.92 Å². The number of methoxy groups -OCH3 is 2. The van der Waals surface area contributed by atoms with Crippen molar-refractivity contribution in [2.45, 2.75) is 207 Å². The summed E-state index contributed by atoms with van der Waals surface area (Å²) in [5.74, 6) is 3.45. The minimum atomic E-state index is -0.716. The van der Waals surface area contributed by atoms with Crippen LogP contribution in [-0.4, -0.2) is 25.9 Å². The van der Waals surface area contributed by atoms with Crippen LogP contribution in [0.15, 0.2) is 291 Å². The van der Waals surface area contributed by atoms with E-state index in [9.17, 15) is 5.11 Å². The van der Waals surface area contributed by atoms with Crippen molar-refractivity contribution in [3.05, 3.63) is 375 Å². The molecule has 11 aromatic carbocycles. The summed E-state index contributed by atoms with van der Waals surface area (Å²) in [4.78, 5) is 0. The largest absolute Gasteiger partial charge is 0.497 e. The molecule has 0 saturated carbocycles. The Hall–Kier alpha value is -9.22. The molecule has 0 spiro atoms. The van der Waals surface area contributed by atoms with E-state index in [1.54, 1.807) is 28.1 Å². The quantitative estimate of drug-likeness (QED) is 0.118. The maximum absolute atomic E-state index is 9.65. The first-order valence-electron chi connectivity index (χ1n) is 37.8. The summed E-state index contributed by atoms with van der Waals surface area (Å²) in [5.41, 5.74) is 19.7. The molecule has 0 unspecified atom stereocenters. The first-order chi connectivity index (χ1) is 49.8. The van der Waals surface area contributed by atoms with Crippen LogP contribution in [0.4, 0.5) is 0 Å². The monoisotopic (exact) mass is 1400 g/mol. The Kier molecular flexibility index (Phi) is 50.2. The summed E-state index contributed by atoms with van der Waals surface area (Å²) in [5, 5.41) is 9.65. The minimum Gasteiger partial charge on any atom is -0.497 e. The highest BCUT2D eigenvalue weighted by Crippen LogP contribution is 2.23. The zero-order chi connectivity index (χ0) is 77.4. The lowest BCUT2D eigenvalue weighted by molar-refractivity contribution is 0.0786. The number of ether oxygens (including phenoxy) is 3. The molecule has 0 saturated heterocycles. The van der Waals surface area contributed by atoms with Gasteiger partial charge in [0, 0.05) is 0 Å². The first kappa shape index (κ1) is 92.8. The van der Waals surface area contributed by atoms with Crippen molar-refractivity contribution in [1.29, 1.82) is 0 Å². The van der Waals surface area contributed by atoms with E-state index in [2.05, 4.69) is 301 Å². The van der Waals surface area contributed by atoms with Gasteiger partial charge in [-0.15, -0.1) is 0 Å². The van der Waals surface area contributed by atoms with E-state index < -0.39 is 5.60 Å². The molecule has 11 aromatic rings. The third kappa shape index (κ3) is 46.4. The van der Waals surface area contributed by atoms with Crippen molar-refractivity contribution >= 4 is 0 Å². The number of hydrogen-bond acceptors (Lipinski definition) is 4. The van der Waals surface area contributed by atoms with Crippen LogP contribution >= 0.6 is 0 Å². The molecular formula is C100H134O4. The molecule has 0 atom stereocenters. The molecule has 0 amide bonds. The molecule has 1 N–H and O–H groups in total.